The molecule has 0 aliphatic carbocycles. The molecule has 0 aromatic carbocycles. The molecule has 0 saturated heterocycles. The Bertz CT molecular complexity index is 313. The fraction of sp³-hybridized carbons (Fsp3) is 0.600. The van der Waals surface area contributed by atoms with E-state index in [0.29, 0.717) is 6.42 Å². The molecule has 1 N–H and O–H groups in total. The van der Waals surface area contributed by atoms with E-state index in [4.69, 9.17) is 5.11 Å². The first-order valence-corrected chi connectivity index (χ1v) is 5.54. The molecule has 3 nitrogen and oxygen atoms in total. The van der Waals surface area contributed by atoms with Crippen molar-refractivity contribution in [1.29, 1.82) is 0 Å². The summed E-state index contributed by atoms with van der Waals surface area (Å²) in [6, 6.07) is 0. The third-order valence-corrected chi connectivity index (χ3v) is 3.41. The molecule has 1 rings (SSSR count). The molecule has 1 unspecified atom stereocenters. The van der Waals surface area contributed by atoms with Crippen LogP contribution in [-0.4, -0.2) is 16.1 Å². The maximum Gasteiger partial charge on any atom is 0.313 e. The van der Waals surface area contributed by atoms with Gasteiger partial charge in [-0.05, 0) is 20.3 Å². The number of nitrogens with zero attached hydrogens (tertiary/aromatic N) is 1. The molecule has 0 aliphatic rings. The summed E-state index contributed by atoms with van der Waals surface area (Å²) in [5, 5.41) is 9.77. The monoisotopic (exact) mass is 213 g/mol. The van der Waals surface area contributed by atoms with Gasteiger partial charge in [-0.15, -0.1) is 11.3 Å². The molecule has 14 heavy (non-hydrogen) atoms. The zero-order valence-corrected chi connectivity index (χ0v) is 9.52. The van der Waals surface area contributed by atoms with Gasteiger partial charge in [-0.3, -0.25) is 4.79 Å². The molecule has 1 aromatic rings. The van der Waals surface area contributed by atoms with E-state index in [2.05, 4.69) is 4.98 Å². The van der Waals surface area contributed by atoms with E-state index in [1.807, 2.05) is 20.8 Å². The number of aliphatic carboxylic acids is 1. The number of thiazole rings is 1. The smallest absolute Gasteiger partial charge is 0.313 e. The Labute approximate surface area is 87.8 Å². The highest BCUT2D eigenvalue weighted by atomic mass is 32.1. The number of hydrogen-bond acceptors (Lipinski definition) is 3. The van der Waals surface area contributed by atoms with Crippen LogP contribution in [0, 0.1) is 13.8 Å². The molecule has 0 radical (unpaired) electrons. The number of rotatable bonds is 4. The Morgan fingerprint density at radius 1 is 1.57 bits per heavy atom. The van der Waals surface area contributed by atoms with Crippen LogP contribution < -0.4 is 0 Å². The molecule has 1 heterocycles. The van der Waals surface area contributed by atoms with Crippen LogP contribution >= 0.6 is 11.3 Å². The molecule has 1 atom stereocenters. The van der Waals surface area contributed by atoms with Gasteiger partial charge in [0, 0.05) is 4.88 Å². The number of hydrogen-bond donors (Lipinski definition) is 1. The molecule has 78 valence electrons. The van der Waals surface area contributed by atoms with E-state index in [1.54, 1.807) is 0 Å². The first kappa shape index (κ1) is 11.2. The van der Waals surface area contributed by atoms with Crippen LogP contribution in [0.4, 0.5) is 0 Å². The second kappa shape index (κ2) is 4.55. The lowest BCUT2D eigenvalue weighted by atomic mass is 10.1. The van der Waals surface area contributed by atoms with Gasteiger partial charge >= 0.3 is 5.97 Å². The highest BCUT2D eigenvalue weighted by Crippen LogP contribution is 2.27. The van der Waals surface area contributed by atoms with Crippen LogP contribution in [0.25, 0.3) is 0 Å². The van der Waals surface area contributed by atoms with E-state index >= 15 is 0 Å². The predicted octanol–water partition coefficient (Wildman–Crippen LogP) is 2.73. The molecule has 1 aromatic heterocycles. The maximum absolute atomic E-state index is 11.0. The summed E-state index contributed by atoms with van der Waals surface area (Å²) in [5.41, 5.74) is 0.951. The first-order chi connectivity index (χ1) is 6.56. The zero-order chi connectivity index (χ0) is 10.7. The normalized spacial score (nSPS) is 12.8. The van der Waals surface area contributed by atoms with Gasteiger partial charge in [0.1, 0.15) is 10.9 Å². The van der Waals surface area contributed by atoms with Crippen molar-refractivity contribution >= 4 is 17.3 Å². The van der Waals surface area contributed by atoms with Crippen molar-refractivity contribution in [2.24, 2.45) is 0 Å². The molecule has 0 bridgehead atoms. The van der Waals surface area contributed by atoms with E-state index in [9.17, 15) is 4.79 Å². The van der Waals surface area contributed by atoms with Crippen molar-refractivity contribution in [3.05, 3.63) is 15.6 Å². The maximum atomic E-state index is 11.0. The number of carboxylic acids is 1. The minimum Gasteiger partial charge on any atom is -0.481 e. The quantitative estimate of drug-likeness (QED) is 0.836. The Morgan fingerprint density at radius 2 is 2.21 bits per heavy atom. The van der Waals surface area contributed by atoms with Gasteiger partial charge in [0.2, 0.25) is 0 Å². The molecular weight excluding hydrogens is 198 g/mol. The molecule has 0 amide bonds. The Hall–Kier alpha value is -0.900. The largest absolute Gasteiger partial charge is 0.481 e. The average Bonchev–Trinajstić information content (AvgIpc) is 2.42. The van der Waals surface area contributed by atoms with Gasteiger partial charge in [-0.1, -0.05) is 13.3 Å². The SMILES string of the molecule is CCCC(C(=O)O)c1nc(C)c(C)s1. The van der Waals surface area contributed by atoms with Crippen molar-refractivity contribution in [2.75, 3.05) is 0 Å². The third kappa shape index (κ3) is 2.32. The number of aryl methyl sites for hydroxylation is 2. The fourth-order valence-corrected chi connectivity index (χ4v) is 2.34. The molecule has 0 saturated carbocycles. The number of aromatic nitrogens is 1. The second-order valence-corrected chi connectivity index (χ2v) is 4.61. The summed E-state index contributed by atoms with van der Waals surface area (Å²) in [6.45, 7) is 5.88. The predicted molar refractivity (Wildman–Crippen MR) is 56.9 cm³/mol. The van der Waals surface area contributed by atoms with Crippen molar-refractivity contribution in [3.8, 4) is 0 Å². The molecule has 4 heteroatoms. The van der Waals surface area contributed by atoms with Gasteiger partial charge in [-0.25, -0.2) is 4.98 Å². The average molecular weight is 213 g/mol. The van der Waals surface area contributed by atoms with Gasteiger partial charge in [0.25, 0.3) is 0 Å². The topological polar surface area (TPSA) is 50.2 Å². The molecule has 0 spiro atoms. The van der Waals surface area contributed by atoms with E-state index in [1.165, 1.54) is 11.3 Å². The molecular formula is C10H15NO2S. The fourth-order valence-electron chi connectivity index (χ4n) is 1.29. The highest BCUT2D eigenvalue weighted by molar-refractivity contribution is 7.11. The van der Waals surface area contributed by atoms with Crippen LogP contribution in [-0.2, 0) is 4.79 Å². The van der Waals surface area contributed by atoms with Gasteiger partial charge in [0.15, 0.2) is 0 Å². The third-order valence-electron chi connectivity index (χ3n) is 2.22. The van der Waals surface area contributed by atoms with Crippen molar-refractivity contribution < 1.29 is 9.90 Å². The summed E-state index contributed by atoms with van der Waals surface area (Å²) in [4.78, 5) is 16.4. The van der Waals surface area contributed by atoms with Crippen molar-refractivity contribution in [1.82, 2.24) is 4.98 Å². The molecule has 0 fully saturated rings. The van der Waals surface area contributed by atoms with Crippen LogP contribution in [0.2, 0.25) is 0 Å². The zero-order valence-electron chi connectivity index (χ0n) is 8.70. The minimum atomic E-state index is -0.763. The summed E-state index contributed by atoms with van der Waals surface area (Å²) in [5.74, 6) is -1.18. The van der Waals surface area contributed by atoms with Crippen LogP contribution in [0.5, 0.6) is 0 Å². The van der Waals surface area contributed by atoms with E-state index < -0.39 is 11.9 Å². The van der Waals surface area contributed by atoms with Crippen LogP contribution in [0.1, 0.15) is 41.3 Å². The lowest BCUT2D eigenvalue weighted by Crippen LogP contribution is -2.10. The number of carboxylic acid groups (broad SMARTS) is 1. The standard InChI is InChI=1S/C10H15NO2S/c1-4-5-8(10(12)13)9-11-6(2)7(3)14-9/h8H,4-5H2,1-3H3,(H,12,13). The summed E-state index contributed by atoms with van der Waals surface area (Å²) >= 11 is 1.50. The molecule has 0 aliphatic heterocycles. The lowest BCUT2D eigenvalue weighted by Gasteiger charge is -2.06. The summed E-state index contributed by atoms with van der Waals surface area (Å²) in [7, 11) is 0. The van der Waals surface area contributed by atoms with Crippen molar-refractivity contribution in [3.63, 3.8) is 0 Å². The Morgan fingerprint density at radius 3 is 2.57 bits per heavy atom. The minimum absolute atomic E-state index is 0.419. The highest BCUT2D eigenvalue weighted by Gasteiger charge is 2.22. The van der Waals surface area contributed by atoms with Gasteiger partial charge < -0.3 is 5.11 Å². The Kier molecular flexibility index (Phi) is 3.63. The van der Waals surface area contributed by atoms with Crippen LogP contribution in [0.3, 0.4) is 0 Å². The second-order valence-electron chi connectivity index (χ2n) is 3.37. The first-order valence-electron chi connectivity index (χ1n) is 4.73. The summed E-state index contributed by atoms with van der Waals surface area (Å²) < 4.78 is 0. The van der Waals surface area contributed by atoms with E-state index in [-0.39, 0.29) is 0 Å². The summed E-state index contributed by atoms with van der Waals surface area (Å²) in [6.07, 6.45) is 1.54. The Balaban J connectivity index is 2.93. The number of carbonyl (C=O) groups is 1. The van der Waals surface area contributed by atoms with Crippen LogP contribution in [0.15, 0.2) is 0 Å². The lowest BCUT2D eigenvalue weighted by molar-refractivity contribution is -0.139. The van der Waals surface area contributed by atoms with Crippen molar-refractivity contribution in [2.45, 2.75) is 39.5 Å². The van der Waals surface area contributed by atoms with Gasteiger partial charge in [-0.2, -0.15) is 0 Å². The van der Waals surface area contributed by atoms with E-state index in [0.717, 1.165) is 22.0 Å². The van der Waals surface area contributed by atoms with Gasteiger partial charge in [0.05, 0.1) is 5.69 Å².